The maximum atomic E-state index is 9.50. The first-order valence-corrected chi connectivity index (χ1v) is 29.0. The van der Waals surface area contributed by atoms with Crippen molar-refractivity contribution in [1.29, 1.82) is 10.5 Å². The summed E-state index contributed by atoms with van der Waals surface area (Å²) in [5.41, 5.74) is 5.62. The van der Waals surface area contributed by atoms with Crippen LogP contribution in [0, 0.1) is 70.0 Å². The average Bonchev–Trinajstić information content (AvgIpc) is 4.08. The van der Waals surface area contributed by atoms with E-state index in [-0.39, 0.29) is 0 Å². The second-order valence-electron chi connectivity index (χ2n) is 18.8. The van der Waals surface area contributed by atoms with Gasteiger partial charge >= 0.3 is 0 Å². The molecule has 0 fully saturated rings. The summed E-state index contributed by atoms with van der Waals surface area (Å²) in [6.07, 6.45) is 17.5. The Labute approximate surface area is 460 Å². The molecule has 0 N–H and O–H groups in total. The molecule has 0 aliphatic heterocycles. The van der Waals surface area contributed by atoms with E-state index in [9.17, 15) is 10.5 Å². The first-order valence-electron chi connectivity index (χ1n) is 27.3. The summed E-state index contributed by atoms with van der Waals surface area (Å²) >= 11 is 3.35. The summed E-state index contributed by atoms with van der Waals surface area (Å²) in [7, 11) is 0. The van der Waals surface area contributed by atoms with Gasteiger partial charge in [0.15, 0.2) is 0 Å². The molecule has 7 rings (SSSR count). The second-order valence-corrected chi connectivity index (χ2v) is 21.0. The van der Waals surface area contributed by atoms with E-state index < -0.39 is 0 Å². The van der Waals surface area contributed by atoms with Crippen LogP contribution in [0.4, 0.5) is 0 Å². The Hall–Kier alpha value is -7.56. The molecule has 0 saturated heterocycles. The molecule has 0 amide bonds. The molecule has 76 heavy (non-hydrogen) atoms. The molecular weight excluding hydrogens is 973 g/mol. The predicted octanol–water partition coefficient (Wildman–Crippen LogP) is 17.3. The molecule has 386 valence electrons. The van der Waals surface area contributed by atoms with Crippen LogP contribution >= 0.6 is 22.7 Å². The third-order valence-corrected chi connectivity index (χ3v) is 14.7. The van der Waals surface area contributed by atoms with Gasteiger partial charge in [0.05, 0.1) is 81.7 Å². The van der Waals surface area contributed by atoms with E-state index in [4.69, 9.17) is 18.9 Å². The maximum absolute atomic E-state index is 9.50. The van der Waals surface area contributed by atoms with Crippen LogP contribution in [0.3, 0.4) is 0 Å². The molecule has 5 aromatic carbocycles. The van der Waals surface area contributed by atoms with Gasteiger partial charge in [0, 0.05) is 55.6 Å². The van der Waals surface area contributed by atoms with Crippen molar-refractivity contribution in [2.24, 2.45) is 0 Å². The van der Waals surface area contributed by atoms with Gasteiger partial charge < -0.3 is 18.9 Å². The van der Waals surface area contributed by atoms with Crippen LogP contribution in [-0.2, 0) is 0 Å². The summed E-state index contributed by atoms with van der Waals surface area (Å²) < 4.78 is 28.2. The summed E-state index contributed by atoms with van der Waals surface area (Å²) in [5.74, 6) is 29.9. The standard InChI is InChI=1S/C68H68N2O4S2/c1-5-9-13-15-19-39-73-63-45-57(65(71-37-17-11-7-3)43-55(63)29-27-51-23-21-25-53(41-51)49-69)31-33-59-47-61-62-48-60(76-68(62)36-35-67(61)75-59)34-32-58-46-64(74-40-20-16-14-10-6-2)56(44-66(58)72-38-18-12-8-4)30-28-52-24-22-26-54(42-52)50-70/h21-26,35-36,41-48H,5-20,37-40H2,1-4H3. The van der Waals surface area contributed by atoms with Gasteiger partial charge in [-0.3, -0.25) is 0 Å². The van der Waals surface area contributed by atoms with Crippen molar-refractivity contribution < 1.29 is 18.9 Å². The highest BCUT2D eigenvalue weighted by Gasteiger charge is 2.15. The van der Waals surface area contributed by atoms with Crippen LogP contribution in [0.2, 0.25) is 0 Å². The number of hydrogen-bond donors (Lipinski definition) is 0. The molecule has 0 spiro atoms. The van der Waals surface area contributed by atoms with Crippen LogP contribution in [0.5, 0.6) is 23.0 Å². The van der Waals surface area contributed by atoms with Crippen molar-refractivity contribution in [2.75, 3.05) is 26.4 Å². The van der Waals surface area contributed by atoms with E-state index in [0.717, 1.165) is 128 Å². The molecule has 0 atom stereocenters. The van der Waals surface area contributed by atoms with E-state index >= 15 is 0 Å². The molecule has 0 radical (unpaired) electrons. The smallest absolute Gasteiger partial charge is 0.136 e. The topological polar surface area (TPSA) is 84.5 Å². The average molecular weight is 1040 g/mol. The number of thiophene rings is 2. The van der Waals surface area contributed by atoms with Gasteiger partial charge in [0.1, 0.15) is 23.0 Å². The Kier molecular flexibility index (Phi) is 22.7. The minimum absolute atomic E-state index is 0.569. The Bertz CT molecular complexity index is 3180. The predicted molar refractivity (Wildman–Crippen MR) is 315 cm³/mol. The highest BCUT2D eigenvalue weighted by atomic mass is 32.1. The Morgan fingerprint density at radius 1 is 0.342 bits per heavy atom. The third kappa shape index (κ3) is 17.0. The highest BCUT2D eigenvalue weighted by molar-refractivity contribution is 7.21. The second kappa shape index (κ2) is 30.7. The van der Waals surface area contributed by atoms with Gasteiger partial charge in [-0.15, -0.1) is 22.7 Å². The minimum Gasteiger partial charge on any atom is -0.492 e. The number of benzene rings is 5. The fourth-order valence-corrected chi connectivity index (χ4v) is 10.3. The van der Waals surface area contributed by atoms with E-state index in [0.29, 0.717) is 60.6 Å². The lowest BCUT2D eigenvalue weighted by Crippen LogP contribution is -2.03. The van der Waals surface area contributed by atoms with Crippen LogP contribution in [-0.4, -0.2) is 26.4 Å². The number of fused-ring (bicyclic) bond motifs is 3. The number of nitriles is 2. The van der Waals surface area contributed by atoms with Gasteiger partial charge in [-0.2, -0.15) is 10.5 Å². The SMILES string of the molecule is CCCCCCCOc1cc(C#Cc2cc3c(ccc4sc(C#Cc5cc(OCCCCCCC)c(C#Cc6cccc(C#N)c6)cc5OCCCCC)cc43)s2)c(OCCCCC)cc1C#Cc1cccc(C#N)c1. The van der Waals surface area contributed by atoms with E-state index in [1.807, 2.05) is 48.5 Å². The van der Waals surface area contributed by atoms with Crippen LogP contribution in [0.15, 0.2) is 97.1 Å². The lowest BCUT2D eigenvalue weighted by molar-refractivity contribution is 0.296. The quantitative estimate of drug-likeness (QED) is 0.0443. The zero-order valence-corrected chi connectivity index (χ0v) is 46.4. The Morgan fingerprint density at radius 2 is 0.658 bits per heavy atom. The van der Waals surface area contributed by atoms with Crippen molar-refractivity contribution in [2.45, 2.75) is 130 Å². The van der Waals surface area contributed by atoms with Gasteiger partial charge in [-0.1, -0.05) is 164 Å². The molecule has 7 aromatic rings. The van der Waals surface area contributed by atoms with Crippen molar-refractivity contribution in [3.63, 3.8) is 0 Å². The normalized spacial score (nSPS) is 10.4. The molecular formula is C68H68N2O4S2. The van der Waals surface area contributed by atoms with Gasteiger partial charge in [-0.25, -0.2) is 0 Å². The molecule has 2 heterocycles. The third-order valence-electron chi connectivity index (χ3n) is 12.7. The fourth-order valence-electron chi connectivity index (χ4n) is 8.46. The van der Waals surface area contributed by atoms with Crippen LogP contribution in [0.1, 0.15) is 185 Å². The van der Waals surface area contributed by atoms with E-state index in [1.165, 1.54) is 38.5 Å². The zero-order chi connectivity index (χ0) is 53.2. The number of rotatable bonds is 24. The first kappa shape index (κ1) is 56.2. The van der Waals surface area contributed by atoms with Crippen molar-refractivity contribution in [1.82, 2.24) is 0 Å². The summed E-state index contributed by atoms with van der Waals surface area (Å²) in [6.45, 7) is 11.1. The van der Waals surface area contributed by atoms with Crippen molar-refractivity contribution >= 4 is 42.8 Å². The molecule has 0 saturated carbocycles. The first-order chi connectivity index (χ1) is 37.4. The lowest BCUT2D eigenvalue weighted by Gasteiger charge is -2.13. The van der Waals surface area contributed by atoms with Crippen molar-refractivity contribution in [3.05, 3.63) is 151 Å². The number of unbranched alkanes of at least 4 members (excludes halogenated alkanes) is 12. The largest absolute Gasteiger partial charge is 0.492 e. The molecule has 0 bridgehead atoms. The fraction of sp³-hybridized carbons (Fsp3) is 0.353. The molecule has 2 aromatic heterocycles. The summed E-state index contributed by atoms with van der Waals surface area (Å²) in [5, 5.41) is 21.3. The van der Waals surface area contributed by atoms with E-state index in [2.05, 4.69) is 111 Å². The maximum Gasteiger partial charge on any atom is 0.136 e. The molecule has 0 aliphatic rings. The lowest BCUT2D eigenvalue weighted by atomic mass is 10.1. The molecule has 0 unspecified atom stereocenters. The zero-order valence-electron chi connectivity index (χ0n) is 44.7. The molecule has 8 heteroatoms. The van der Waals surface area contributed by atoms with Crippen LogP contribution < -0.4 is 18.9 Å². The monoisotopic (exact) mass is 1040 g/mol. The van der Waals surface area contributed by atoms with Gasteiger partial charge in [0.25, 0.3) is 0 Å². The Balaban J connectivity index is 1.21. The minimum atomic E-state index is 0.569. The Morgan fingerprint density at radius 3 is 1.01 bits per heavy atom. The number of ether oxygens (including phenoxy) is 4. The highest BCUT2D eigenvalue weighted by Crippen LogP contribution is 2.37. The number of hydrogen-bond acceptors (Lipinski definition) is 8. The molecule has 6 nitrogen and oxygen atoms in total. The van der Waals surface area contributed by atoms with E-state index in [1.54, 1.807) is 46.9 Å². The van der Waals surface area contributed by atoms with Gasteiger partial charge in [0.2, 0.25) is 0 Å². The van der Waals surface area contributed by atoms with Crippen LogP contribution in [0.25, 0.3) is 20.2 Å². The summed E-state index contributed by atoms with van der Waals surface area (Å²) in [6, 6.07) is 35.8. The van der Waals surface area contributed by atoms with Gasteiger partial charge in [-0.05, 0) is 86.3 Å². The summed E-state index contributed by atoms with van der Waals surface area (Å²) in [4.78, 5) is 1.89. The van der Waals surface area contributed by atoms with Crippen molar-refractivity contribution in [3.8, 4) is 82.5 Å². The number of nitrogens with zero attached hydrogens (tertiary/aromatic N) is 2. The molecule has 0 aliphatic carbocycles.